The lowest BCUT2D eigenvalue weighted by molar-refractivity contribution is 0.0651. The van der Waals surface area contributed by atoms with Crippen molar-refractivity contribution < 1.29 is 9.59 Å². The molecule has 0 saturated heterocycles. The zero-order chi connectivity index (χ0) is 16.7. The third-order valence-corrected chi connectivity index (χ3v) is 3.99. The number of anilines is 1. The number of carbonyl (C=O) groups is 2. The fourth-order valence-electron chi connectivity index (χ4n) is 2.91. The maximum atomic E-state index is 12.4. The number of allylic oxidation sites excluding steroid dienone is 1. The molecule has 3 rings (SSSR count). The molecule has 2 N–H and O–H groups in total. The Morgan fingerprint density at radius 2 is 1.83 bits per heavy atom. The summed E-state index contributed by atoms with van der Waals surface area (Å²) >= 11 is 0. The summed E-state index contributed by atoms with van der Waals surface area (Å²) in [6, 6.07) is 9.04. The molecule has 0 saturated carbocycles. The van der Waals surface area contributed by atoms with E-state index in [1.807, 2.05) is 30.0 Å². The fraction of sp³-hybridized carbons (Fsp3) is 0.111. The van der Waals surface area contributed by atoms with E-state index in [4.69, 9.17) is 5.73 Å². The second-order valence-corrected chi connectivity index (χ2v) is 5.48. The van der Waals surface area contributed by atoms with Gasteiger partial charge in [0.15, 0.2) is 0 Å². The van der Waals surface area contributed by atoms with E-state index >= 15 is 0 Å². The van der Waals surface area contributed by atoms with Crippen molar-refractivity contribution in [3.63, 3.8) is 0 Å². The molecule has 2 aromatic rings. The number of imide groups is 1. The molecule has 2 aromatic carbocycles. The fourth-order valence-corrected chi connectivity index (χ4v) is 2.91. The van der Waals surface area contributed by atoms with Gasteiger partial charge in [-0.15, -0.1) is 0 Å². The van der Waals surface area contributed by atoms with Crippen molar-refractivity contribution in [2.75, 3.05) is 11.9 Å². The Morgan fingerprint density at radius 1 is 1.17 bits per heavy atom. The highest BCUT2D eigenvalue weighted by atomic mass is 16.2. The normalized spacial score (nSPS) is 13.9. The largest absolute Gasteiger partial charge is 0.403 e. The first kappa shape index (κ1) is 14.8. The molecule has 0 aromatic heterocycles. The Hall–Kier alpha value is -3.08. The van der Waals surface area contributed by atoms with Gasteiger partial charge in [0.05, 0.1) is 5.69 Å². The lowest BCUT2D eigenvalue weighted by Crippen LogP contribution is -2.37. The number of carbonyl (C=O) groups excluding carboxylic acids is 2. The third-order valence-electron chi connectivity index (χ3n) is 3.99. The van der Waals surface area contributed by atoms with Crippen molar-refractivity contribution in [2.45, 2.75) is 6.92 Å². The van der Waals surface area contributed by atoms with Crippen LogP contribution in [0.4, 0.5) is 5.69 Å². The molecule has 0 bridgehead atoms. The molecule has 23 heavy (non-hydrogen) atoms. The van der Waals surface area contributed by atoms with Crippen LogP contribution in [0.5, 0.6) is 0 Å². The van der Waals surface area contributed by atoms with Gasteiger partial charge in [0.1, 0.15) is 0 Å². The zero-order valence-electron chi connectivity index (χ0n) is 13.0. The summed E-state index contributed by atoms with van der Waals surface area (Å²) in [6.45, 7) is 5.82. The molecular weight excluding hydrogens is 290 g/mol. The highest BCUT2D eigenvalue weighted by molar-refractivity contribution is 6.26. The van der Waals surface area contributed by atoms with Gasteiger partial charge in [-0.3, -0.25) is 14.5 Å². The summed E-state index contributed by atoms with van der Waals surface area (Å²) in [4.78, 5) is 27.8. The van der Waals surface area contributed by atoms with Crippen LogP contribution in [0.25, 0.3) is 10.8 Å². The number of rotatable bonds is 3. The average molecular weight is 307 g/mol. The monoisotopic (exact) mass is 307 g/mol. The van der Waals surface area contributed by atoms with Crippen LogP contribution in [-0.4, -0.2) is 23.8 Å². The van der Waals surface area contributed by atoms with Crippen LogP contribution < -0.4 is 10.6 Å². The van der Waals surface area contributed by atoms with Gasteiger partial charge in [-0.2, -0.15) is 0 Å². The van der Waals surface area contributed by atoms with E-state index < -0.39 is 0 Å². The average Bonchev–Trinajstić information content (AvgIpc) is 2.55. The second-order valence-electron chi connectivity index (χ2n) is 5.48. The third kappa shape index (κ3) is 2.09. The van der Waals surface area contributed by atoms with Crippen molar-refractivity contribution in [3.8, 4) is 0 Å². The van der Waals surface area contributed by atoms with E-state index in [0.29, 0.717) is 16.5 Å². The van der Waals surface area contributed by atoms with Crippen molar-refractivity contribution >= 4 is 28.3 Å². The number of amides is 2. The van der Waals surface area contributed by atoms with E-state index in [-0.39, 0.29) is 11.8 Å². The van der Waals surface area contributed by atoms with E-state index in [1.165, 1.54) is 13.2 Å². The molecule has 0 fully saturated rings. The number of nitrogens with two attached hydrogens (primary N) is 1. The number of nitrogens with zero attached hydrogens (tertiary/aromatic N) is 2. The minimum atomic E-state index is -0.290. The van der Waals surface area contributed by atoms with Gasteiger partial charge in [0.2, 0.25) is 0 Å². The molecule has 1 aliphatic heterocycles. The van der Waals surface area contributed by atoms with Gasteiger partial charge in [0.25, 0.3) is 11.8 Å². The first-order valence-corrected chi connectivity index (χ1v) is 7.18. The van der Waals surface area contributed by atoms with Crippen LogP contribution in [0.3, 0.4) is 0 Å². The standard InChI is InChI=1S/C18H17N3O2/c1-11(2)21(10-9-19)15-8-7-14-16-12(15)5-4-6-13(16)17(22)20(3)18(14)23/h4-10H,1,19H2,2-3H3/b10-9-. The van der Waals surface area contributed by atoms with Gasteiger partial charge in [0, 0.05) is 47.0 Å². The number of hydrogen-bond donors (Lipinski definition) is 1. The van der Waals surface area contributed by atoms with Crippen LogP contribution >= 0.6 is 0 Å². The van der Waals surface area contributed by atoms with Crippen molar-refractivity contribution in [2.24, 2.45) is 5.73 Å². The first-order chi connectivity index (χ1) is 11.0. The summed E-state index contributed by atoms with van der Waals surface area (Å²) < 4.78 is 0. The molecule has 0 spiro atoms. The molecule has 5 heteroatoms. The Labute approximate surface area is 134 Å². The van der Waals surface area contributed by atoms with Crippen molar-refractivity contribution in [1.82, 2.24) is 4.90 Å². The zero-order valence-corrected chi connectivity index (χ0v) is 13.0. The highest BCUT2D eigenvalue weighted by Gasteiger charge is 2.31. The van der Waals surface area contributed by atoms with Gasteiger partial charge < -0.3 is 10.6 Å². The van der Waals surface area contributed by atoms with Gasteiger partial charge in [-0.25, -0.2) is 0 Å². The summed E-state index contributed by atoms with van der Waals surface area (Å²) in [5.74, 6) is -0.581. The molecule has 116 valence electrons. The van der Waals surface area contributed by atoms with Crippen LogP contribution in [0, 0.1) is 0 Å². The molecule has 0 atom stereocenters. The topological polar surface area (TPSA) is 66.6 Å². The minimum Gasteiger partial charge on any atom is -0.403 e. The van der Waals surface area contributed by atoms with Crippen LogP contribution in [-0.2, 0) is 0 Å². The maximum absolute atomic E-state index is 12.4. The molecule has 1 heterocycles. The predicted molar refractivity (Wildman–Crippen MR) is 91.0 cm³/mol. The quantitative estimate of drug-likeness (QED) is 0.886. The van der Waals surface area contributed by atoms with E-state index in [2.05, 4.69) is 6.58 Å². The molecule has 5 nitrogen and oxygen atoms in total. The molecule has 2 amide bonds. The minimum absolute atomic E-state index is 0.290. The molecule has 0 aliphatic carbocycles. The van der Waals surface area contributed by atoms with Crippen LogP contribution in [0.2, 0.25) is 0 Å². The Kier molecular flexibility index (Phi) is 3.41. The second kappa shape index (κ2) is 5.28. The predicted octanol–water partition coefficient (Wildman–Crippen LogP) is 2.84. The van der Waals surface area contributed by atoms with E-state index in [9.17, 15) is 9.59 Å². The van der Waals surface area contributed by atoms with E-state index in [1.54, 1.807) is 18.3 Å². The summed E-state index contributed by atoms with van der Waals surface area (Å²) in [5.41, 5.74) is 8.19. The van der Waals surface area contributed by atoms with E-state index in [0.717, 1.165) is 21.7 Å². The van der Waals surface area contributed by atoms with Gasteiger partial charge in [-0.1, -0.05) is 18.7 Å². The Bertz CT molecular complexity index is 861. The Morgan fingerprint density at radius 3 is 2.43 bits per heavy atom. The van der Waals surface area contributed by atoms with Crippen molar-refractivity contribution in [3.05, 3.63) is 66.1 Å². The highest BCUT2D eigenvalue weighted by Crippen LogP contribution is 2.36. The molecule has 0 radical (unpaired) electrons. The summed E-state index contributed by atoms with van der Waals surface area (Å²) in [5, 5.41) is 1.49. The smallest absolute Gasteiger partial charge is 0.261 e. The molecule has 1 aliphatic rings. The summed E-state index contributed by atoms with van der Waals surface area (Å²) in [6.07, 6.45) is 3.12. The van der Waals surface area contributed by atoms with Gasteiger partial charge in [-0.05, 0) is 25.1 Å². The number of benzene rings is 2. The molecule has 0 unspecified atom stereocenters. The van der Waals surface area contributed by atoms with Crippen LogP contribution in [0.1, 0.15) is 27.6 Å². The SMILES string of the molecule is C=C(C)N(/C=C\N)c1ccc2c3c(cccc13)C(=O)N(C)C2=O. The maximum Gasteiger partial charge on any atom is 0.261 e. The van der Waals surface area contributed by atoms with Crippen molar-refractivity contribution in [1.29, 1.82) is 0 Å². The number of hydrogen-bond acceptors (Lipinski definition) is 4. The van der Waals surface area contributed by atoms with Gasteiger partial charge >= 0.3 is 0 Å². The Balaban J connectivity index is 2.38. The lowest BCUT2D eigenvalue weighted by atomic mass is 9.93. The summed E-state index contributed by atoms with van der Waals surface area (Å²) in [7, 11) is 1.50. The van der Waals surface area contributed by atoms with Crippen LogP contribution in [0.15, 0.2) is 55.0 Å². The lowest BCUT2D eigenvalue weighted by Gasteiger charge is -2.27. The molecular formula is C18H17N3O2. The first-order valence-electron chi connectivity index (χ1n) is 7.18.